The van der Waals surface area contributed by atoms with Crippen molar-refractivity contribution in [1.29, 1.82) is 0 Å². The molecule has 4 nitrogen and oxygen atoms in total. The van der Waals surface area contributed by atoms with Crippen LogP contribution in [0.1, 0.15) is 18.5 Å². The second kappa shape index (κ2) is 6.75. The van der Waals surface area contributed by atoms with Crippen LogP contribution in [0, 0.1) is 0 Å². The minimum atomic E-state index is -0.199. The summed E-state index contributed by atoms with van der Waals surface area (Å²) in [5, 5.41) is 12.7. The lowest BCUT2D eigenvalue weighted by molar-refractivity contribution is 0.275. The predicted molar refractivity (Wildman–Crippen MR) is 75.3 cm³/mol. The van der Waals surface area contributed by atoms with Gasteiger partial charge in [-0.25, -0.2) is 4.98 Å². The molecule has 2 rings (SSSR count). The summed E-state index contributed by atoms with van der Waals surface area (Å²) in [6.07, 6.45) is 1.70. The molecule has 0 radical (unpaired) electrons. The van der Waals surface area contributed by atoms with Crippen molar-refractivity contribution in [1.82, 2.24) is 4.98 Å². The number of aliphatic hydroxyl groups is 1. The normalized spacial score (nSPS) is 11.9. The molecule has 1 aromatic heterocycles. The molecular formula is C15H18N2O2. The molecular weight excluding hydrogens is 240 g/mol. The van der Waals surface area contributed by atoms with E-state index in [1.165, 1.54) is 0 Å². The monoisotopic (exact) mass is 258 g/mol. The second-order valence-electron chi connectivity index (χ2n) is 4.07. The number of anilines is 1. The molecule has 0 bridgehead atoms. The molecule has 0 spiro atoms. The standard InChI is InChI=1S/C15H18N2O2/c1-2-19-14-9-6-10-16-15(14)17-13(11-18)12-7-4-3-5-8-12/h3-10,13,18H,2,11H2,1H3,(H,16,17). The van der Waals surface area contributed by atoms with Gasteiger partial charge >= 0.3 is 0 Å². The molecule has 4 heteroatoms. The number of rotatable bonds is 6. The lowest BCUT2D eigenvalue weighted by atomic mass is 10.1. The van der Waals surface area contributed by atoms with Gasteiger partial charge in [0.15, 0.2) is 11.6 Å². The third-order valence-electron chi connectivity index (χ3n) is 2.77. The molecule has 1 heterocycles. The Labute approximate surface area is 113 Å². The van der Waals surface area contributed by atoms with Crippen LogP contribution in [0.4, 0.5) is 5.82 Å². The third kappa shape index (κ3) is 3.45. The van der Waals surface area contributed by atoms with Crippen LogP contribution in [0.5, 0.6) is 5.75 Å². The summed E-state index contributed by atoms with van der Waals surface area (Å²) in [6.45, 7) is 2.50. The summed E-state index contributed by atoms with van der Waals surface area (Å²) in [5.41, 5.74) is 1.01. The van der Waals surface area contributed by atoms with Gasteiger partial charge in [-0.2, -0.15) is 0 Å². The summed E-state index contributed by atoms with van der Waals surface area (Å²) < 4.78 is 5.51. The van der Waals surface area contributed by atoms with Gasteiger partial charge in [0.25, 0.3) is 0 Å². The molecule has 0 fully saturated rings. The molecule has 1 aromatic carbocycles. The predicted octanol–water partition coefficient (Wildman–Crippen LogP) is 2.63. The summed E-state index contributed by atoms with van der Waals surface area (Å²) in [6, 6.07) is 13.3. The van der Waals surface area contributed by atoms with Gasteiger partial charge in [-0.1, -0.05) is 30.3 Å². The Morgan fingerprint density at radius 3 is 2.68 bits per heavy atom. The van der Waals surface area contributed by atoms with E-state index in [2.05, 4.69) is 10.3 Å². The number of nitrogens with zero attached hydrogens (tertiary/aromatic N) is 1. The third-order valence-corrected chi connectivity index (χ3v) is 2.77. The van der Waals surface area contributed by atoms with Crippen molar-refractivity contribution in [2.45, 2.75) is 13.0 Å². The average molecular weight is 258 g/mol. The first-order valence-corrected chi connectivity index (χ1v) is 6.35. The fraction of sp³-hybridized carbons (Fsp3) is 0.267. The quantitative estimate of drug-likeness (QED) is 0.836. The maximum atomic E-state index is 9.53. The Morgan fingerprint density at radius 2 is 2.00 bits per heavy atom. The molecule has 0 aliphatic carbocycles. The Morgan fingerprint density at radius 1 is 1.21 bits per heavy atom. The minimum Gasteiger partial charge on any atom is -0.490 e. The summed E-state index contributed by atoms with van der Waals surface area (Å²) in [7, 11) is 0. The van der Waals surface area contributed by atoms with Gasteiger partial charge in [-0.15, -0.1) is 0 Å². The van der Waals surface area contributed by atoms with E-state index in [9.17, 15) is 5.11 Å². The Balaban J connectivity index is 2.19. The van der Waals surface area contributed by atoms with Gasteiger partial charge in [-0.05, 0) is 24.6 Å². The summed E-state index contributed by atoms with van der Waals surface area (Å²) >= 11 is 0. The van der Waals surface area contributed by atoms with Crippen molar-refractivity contribution in [3.8, 4) is 5.75 Å². The van der Waals surface area contributed by atoms with Crippen molar-refractivity contribution in [3.05, 3.63) is 54.2 Å². The van der Waals surface area contributed by atoms with E-state index >= 15 is 0 Å². The van der Waals surface area contributed by atoms with Gasteiger partial charge in [0, 0.05) is 6.20 Å². The number of ether oxygens (including phenoxy) is 1. The molecule has 1 atom stereocenters. The van der Waals surface area contributed by atoms with Crippen LogP contribution in [0.3, 0.4) is 0 Å². The summed E-state index contributed by atoms with van der Waals surface area (Å²) in [4.78, 5) is 4.26. The lowest BCUT2D eigenvalue weighted by Gasteiger charge is -2.19. The first kappa shape index (κ1) is 13.4. The smallest absolute Gasteiger partial charge is 0.169 e. The highest BCUT2D eigenvalue weighted by Crippen LogP contribution is 2.25. The van der Waals surface area contributed by atoms with Gasteiger partial charge < -0.3 is 15.2 Å². The molecule has 2 N–H and O–H groups in total. The van der Waals surface area contributed by atoms with E-state index in [0.29, 0.717) is 18.2 Å². The highest BCUT2D eigenvalue weighted by molar-refractivity contribution is 5.51. The Hall–Kier alpha value is -2.07. The van der Waals surface area contributed by atoms with E-state index in [1.54, 1.807) is 6.20 Å². The lowest BCUT2D eigenvalue weighted by Crippen LogP contribution is -2.16. The zero-order valence-electron chi connectivity index (χ0n) is 10.9. The molecule has 0 saturated heterocycles. The molecule has 0 amide bonds. The number of nitrogens with one attached hydrogen (secondary N) is 1. The van der Waals surface area contributed by atoms with Crippen molar-refractivity contribution in [2.24, 2.45) is 0 Å². The van der Waals surface area contributed by atoms with Crippen molar-refractivity contribution < 1.29 is 9.84 Å². The van der Waals surface area contributed by atoms with Crippen LogP contribution in [0.2, 0.25) is 0 Å². The zero-order valence-corrected chi connectivity index (χ0v) is 10.9. The van der Waals surface area contributed by atoms with E-state index in [-0.39, 0.29) is 12.6 Å². The van der Waals surface area contributed by atoms with Crippen LogP contribution >= 0.6 is 0 Å². The van der Waals surface area contributed by atoms with Crippen LogP contribution in [-0.4, -0.2) is 23.3 Å². The van der Waals surface area contributed by atoms with E-state index in [4.69, 9.17) is 4.74 Å². The maximum Gasteiger partial charge on any atom is 0.169 e. The largest absolute Gasteiger partial charge is 0.490 e. The molecule has 0 aliphatic heterocycles. The van der Waals surface area contributed by atoms with Crippen LogP contribution in [-0.2, 0) is 0 Å². The number of hydrogen-bond acceptors (Lipinski definition) is 4. The van der Waals surface area contributed by atoms with Crippen LogP contribution in [0.15, 0.2) is 48.7 Å². The number of hydrogen-bond donors (Lipinski definition) is 2. The van der Waals surface area contributed by atoms with Gasteiger partial charge in [0.1, 0.15) is 0 Å². The summed E-state index contributed by atoms with van der Waals surface area (Å²) in [5.74, 6) is 1.34. The number of pyridine rings is 1. The molecule has 2 aromatic rings. The minimum absolute atomic E-state index is 0.00779. The van der Waals surface area contributed by atoms with Crippen molar-refractivity contribution >= 4 is 5.82 Å². The fourth-order valence-corrected chi connectivity index (χ4v) is 1.86. The molecule has 0 aliphatic rings. The Kier molecular flexibility index (Phi) is 4.75. The van der Waals surface area contributed by atoms with E-state index in [0.717, 1.165) is 5.56 Å². The van der Waals surface area contributed by atoms with Crippen molar-refractivity contribution in [3.63, 3.8) is 0 Å². The zero-order chi connectivity index (χ0) is 13.5. The number of aromatic nitrogens is 1. The molecule has 1 unspecified atom stereocenters. The van der Waals surface area contributed by atoms with Gasteiger partial charge in [-0.3, -0.25) is 0 Å². The Bertz CT molecular complexity index is 503. The van der Waals surface area contributed by atoms with E-state index < -0.39 is 0 Å². The number of benzene rings is 1. The highest BCUT2D eigenvalue weighted by Gasteiger charge is 2.13. The molecule has 0 saturated carbocycles. The van der Waals surface area contributed by atoms with Crippen LogP contribution in [0.25, 0.3) is 0 Å². The first-order chi connectivity index (χ1) is 9.35. The maximum absolute atomic E-state index is 9.53. The first-order valence-electron chi connectivity index (χ1n) is 6.35. The van der Waals surface area contributed by atoms with Crippen molar-refractivity contribution in [2.75, 3.05) is 18.5 Å². The van der Waals surface area contributed by atoms with Crippen LogP contribution < -0.4 is 10.1 Å². The average Bonchev–Trinajstić information content (AvgIpc) is 2.47. The topological polar surface area (TPSA) is 54.4 Å². The molecule has 100 valence electrons. The van der Waals surface area contributed by atoms with E-state index in [1.807, 2.05) is 49.4 Å². The fourth-order valence-electron chi connectivity index (χ4n) is 1.86. The highest BCUT2D eigenvalue weighted by atomic mass is 16.5. The second-order valence-corrected chi connectivity index (χ2v) is 4.07. The SMILES string of the molecule is CCOc1cccnc1NC(CO)c1ccccc1. The number of aliphatic hydroxyl groups excluding tert-OH is 1. The van der Waals surface area contributed by atoms with Gasteiger partial charge in [0.2, 0.25) is 0 Å². The van der Waals surface area contributed by atoms with Gasteiger partial charge in [0.05, 0.1) is 19.3 Å². The molecule has 19 heavy (non-hydrogen) atoms.